The smallest absolute Gasteiger partial charge is 0.351 e. The van der Waals surface area contributed by atoms with Crippen molar-refractivity contribution in [3.63, 3.8) is 0 Å². The van der Waals surface area contributed by atoms with Crippen molar-refractivity contribution in [1.29, 1.82) is 0 Å². The molecule has 0 saturated heterocycles. The Morgan fingerprint density at radius 1 is 1.29 bits per heavy atom. The zero-order valence-corrected chi connectivity index (χ0v) is 12.7. The van der Waals surface area contributed by atoms with Gasteiger partial charge in [-0.05, 0) is 11.6 Å². The SMILES string of the molecule is COc1cc2c(c3oc(=O)c4c(c13)CCOC4=O)[C@@H]1C=CO[C@@H]1O2. The first-order valence-electron chi connectivity index (χ1n) is 7.55. The third kappa shape index (κ3) is 1.56. The second-order valence-electron chi connectivity index (χ2n) is 5.80. The molecule has 0 fully saturated rings. The van der Waals surface area contributed by atoms with Gasteiger partial charge >= 0.3 is 11.6 Å². The van der Waals surface area contributed by atoms with Crippen LogP contribution in [0, 0.1) is 0 Å². The molecule has 1 aromatic carbocycles. The average molecular weight is 328 g/mol. The van der Waals surface area contributed by atoms with Gasteiger partial charge in [0.25, 0.3) is 6.29 Å². The molecule has 7 nitrogen and oxygen atoms in total. The second-order valence-corrected chi connectivity index (χ2v) is 5.80. The van der Waals surface area contributed by atoms with Crippen LogP contribution in [0.3, 0.4) is 0 Å². The summed E-state index contributed by atoms with van der Waals surface area (Å²) in [7, 11) is 1.52. The number of rotatable bonds is 1. The van der Waals surface area contributed by atoms with Gasteiger partial charge in [0.1, 0.15) is 22.6 Å². The van der Waals surface area contributed by atoms with E-state index in [-0.39, 0.29) is 18.1 Å². The first kappa shape index (κ1) is 13.5. The van der Waals surface area contributed by atoms with Crippen molar-refractivity contribution in [2.75, 3.05) is 13.7 Å². The second kappa shape index (κ2) is 4.53. The van der Waals surface area contributed by atoms with Gasteiger partial charge in [-0.15, -0.1) is 0 Å². The molecule has 1 aromatic heterocycles. The monoisotopic (exact) mass is 328 g/mol. The third-order valence-electron chi connectivity index (χ3n) is 4.63. The minimum Gasteiger partial charge on any atom is -0.496 e. The van der Waals surface area contributed by atoms with Crippen LogP contribution in [0.5, 0.6) is 11.5 Å². The lowest BCUT2D eigenvalue weighted by molar-refractivity contribution is -0.00485. The minimum atomic E-state index is -0.705. The van der Waals surface area contributed by atoms with Gasteiger partial charge in [0, 0.05) is 12.5 Å². The van der Waals surface area contributed by atoms with Crippen LogP contribution in [-0.4, -0.2) is 26.0 Å². The number of cyclic esters (lactones) is 1. The summed E-state index contributed by atoms with van der Waals surface area (Å²) in [6.07, 6.45) is 3.39. The number of esters is 1. The van der Waals surface area contributed by atoms with E-state index in [0.717, 1.165) is 5.56 Å². The van der Waals surface area contributed by atoms with Crippen LogP contribution in [0.4, 0.5) is 0 Å². The van der Waals surface area contributed by atoms with Gasteiger partial charge in [-0.25, -0.2) is 9.59 Å². The van der Waals surface area contributed by atoms with Crippen LogP contribution in [0.25, 0.3) is 11.0 Å². The number of ether oxygens (including phenoxy) is 4. The molecule has 2 atom stereocenters. The Labute approximate surface area is 135 Å². The lowest BCUT2D eigenvalue weighted by Gasteiger charge is -2.18. The molecule has 0 bridgehead atoms. The van der Waals surface area contributed by atoms with Gasteiger partial charge in [-0.1, -0.05) is 0 Å². The molecule has 0 N–H and O–H groups in total. The Morgan fingerprint density at radius 3 is 3.00 bits per heavy atom. The zero-order valence-electron chi connectivity index (χ0n) is 12.7. The fourth-order valence-electron chi connectivity index (χ4n) is 3.60. The van der Waals surface area contributed by atoms with Crippen molar-refractivity contribution in [3.8, 4) is 11.5 Å². The highest BCUT2D eigenvalue weighted by atomic mass is 16.7. The molecule has 5 rings (SSSR count). The molecule has 24 heavy (non-hydrogen) atoms. The first-order chi connectivity index (χ1) is 11.7. The Kier molecular flexibility index (Phi) is 2.54. The lowest BCUT2D eigenvalue weighted by atomic mass is 9.93. The van der Waals surface area contributed by atoms with Gasteiger partial charge in [0.15, 0.2) is 0 Å². The lowest BCUT2D eigenvalue weighted by Crippen LogP contribution is -2.26. The summed E-state index contributed by atoms with van der Waals surface area (Å²) in [6, 6.07) is 1.74. The van der Waals surface area contributed by atoms with E-state index in [9.17, 15) is 9.59 Å². The predicted octanol–water partition coefficient (Wildman–Crippen LogP) is 1.86. The predicted molar refractivity (Wildman–Crippen MR) is 80.4 cm³/mol. The summed E-state index contributed by atoms with van der Waals surface area (Å²) >= 11 is 0. The minimum absolute atomic E-state index is 0.0549. The molecule has 7 heteroatoms. The molecule has 4 heterocycles. The molecule has 3 aliphatic rings. The fourth-order valence-corrected chi connectivity index (χ4v) is 3.60. The molecule has 3 aliphatic heterocycles. The number of methoxy groups -OCH3 is 1. The van der Waals surface area contributed by atoms with Gasteiger partial charge in [0.2, 0.25) is 0 Å². The maximum atomic E-state index is 12.4. The van der Waals surface area contributed by atoms with Crippen LogP contribution in [0.15, 0.2) is 27.6 Å². The topological polar surface area (TPSA) is 84.2 Å². The summed E-state index contributed by atoms with van der Waals surface area (Å²) in [5, 5.41) is 0.618. The third-order valence-corrected chi connectivity index (χ3v) is 4.63. The van der Waals surface area contributed by atoms with Crippen LogP contribution in [0.1, 0.15) is 27.4 Å². The van der Waals surface area contributed by atoms with Crippen molar-refractivity contribution < 1.29 is 28.2 Å². The van der Waals surface area contributed by atoms with Crippen LogP contribution in [0.2, 0.25) is 0 Å². The van der Waals surface area contributed by atoms with Crippen LogP contribution in [-0.2, 0) is 15.9 Å². The van der Waals surface area contributed by atoms with Crippen LogP contribution >= 0.6 is 0 Å². The molecule has 122 valence electrons. The van der Waals surface area contributed by atoms with E-state index in [0.29, 0.717) is 34.5 Å². The maximum absolute atomic E-state index is 12.4. The Hall–Kier alpha value is -2.96. The number of hydrogen-bond donors (Lipinski definition) is 0. The fraction of sp³-hybridized carbons (Fsp3) is 0.294. The number of hydrogen-bond acceptors (Lipinski definition) is 7. The maximum Gasteiger partial charge on any atom is 0.351 e. The van der Waals surface area contributed by atoms with Crippen molar-refractivity contribution in [2.45, 2.75) is 18.6 Å². The van der Waals surface area contributed by atoms with Gasteiger partial charge in [-0.2, -0.15) is 0 Å². The van der Waals surface area contributed by atoms with Gasteiger partial charge < -0.3 is 23.4 Å². The number of benzene rings is 1. The summed E-state index contributed by atoms with van der Waals surface area (Å²) in [5.41, 5.74) is 0.960. The number of carbonyl (C=O) groups is 1. The highest BCUT2D eigenvalue weighted by molar-refractivity contribution is 6.01. The number of carbonyl (C=O) groups excluding carboxylic acids is 1. The Bertz CT molecular complexity index is 985. The van der Waals surface area contributed by atoms with E-state index in [1.54, 1.807) is 12.3 Å². The van der Waals surface area contributed by atoms with Gasteiger partial charge in [-0.3, -0.25) is 0 Å². The van der Waals surface area contributed by atoms with E-state index in [2.05, 4.69) is 0 Å². The summed E-state index contributed by atoms with van der Waals surface area (Å²) in [4.78, 5) is 24.4. The summed E-state index contributed by atoms with van der Waals surface area (Å²) in [5.74, 6) is 0.223. The van der Waals surface area contributed by atoms with Crippen LogP contribution < -0.4 is 15.1 Å². The van der Waals surface area contributed by atoms with E-state index in [1.807, 2.05) is 6.08 Å². The quantitative estimate of drug-likeness (QED) is 0.583. The normalized spacial score (nSPS) is 23.1. The van der Waals surface area contributed by atoms with Crippen molar-refractivity contribution >= 4 is 16.9 Å². The molecule has 0 radical (unpaired) electrons. The highest BCUT2D eigenvalue weighted by Gasteiger charge is 2.41. The van der Waals surface area contributed by atoms with E-state index in [4.69, 9.17) is 23.4 Å². The van der Waals surface area contributed by atoms with Gasteiger partial charge in [0.05, 0.1) is 36.8 Å². The van der Waals surface area contributed by atoms with E-state index >= 15 is 0 Å². The standard InChI is InChI=1S/C17H12O7/c1-20-9-6-10-12(8-3-5-22-17(8)23-10)14-11(9)7-2-4-21-15(18)13(7)16(19)24-14/h3,5-6,8,17H,2,4H2,1H3/t8-,17+/m0/s1. The average Bonchev–Trinajstić information content (AvgIpc) is 3.14. The molecule has 0 aliphatic carbocycles. The van der Waals surface area contributed by atoms with E-state index in [1.165, 1.54) is 7.11 Å². The molecule has 0 saturated carbocycles. The molecule has 0 amide bonds. The zero-order chi connectivity index (χ0) is 16.4. The largest absolute Gasteiger partial charge is 0.496 e. The highest BCUT2D eigenvalue weighted by Crippen LogP contribution is 2.49. The summed E-state index contributed by atoms with van der Waals surface area (Å²) in [6.45, 7) is 0.218. The molecule has 0 spiro atoms. The summed E-state index contributed by atoms with van der Waals surface area (Å²) < 4.78 is 27.1. The van der Waals surface area contributed by atoms with E-state index < -0.39 is 17.9 Å². The van der Waals surface area contributed by atoms with Crippen molar-refractivity contribution in [1.82, 2.24) is 0 Å². The molecule has 2 aromatic rings. The first-order valence-corrected chi connectivity index (χ1v) is 7.55. The number of fused-ring (bicyclic) bond motifs is 7. The molecular formula is C17H12O7. The molecular weight excluding hydrogens is 316 g/mol. The van der Waals surface area contributed by atoms with Crippen molar-refractivity contribution in [2.24, 2.45) is 0 Å². The van der Waals surface area contributed by atoms with Crippen molar-refractivity contribution in [3.05, 3.63) is 45.5 Å². The molecule has 0 unspecified atom stereocenters. The Balaban J connectivity index is 1.93. The Morgan fingerprint density at radius 2 is 2.17 bits per heavy atom.